The van der Waals surface area contributed by atoms with Crippen LogP contribution in [0.25, 0.3) is 0 Å². The predicted octanol–water partition coefficient (Wildman–Crippen LogP) is 4.50. The van der Waals surface area contributed by atoms with Crippen molar-refractivity contribution in [1.29, 1.82) is 0 Å². The normalized spacial score (nSPS) is 12.1. The van der Waals surface area contributed by atoms with Crippen molar-refractivity contribution in [2.75, 3.05) is 11.1 Å². The Morgan fingerprint density at radius 1 is 1.12 bits per heavy atom. The zero-order valence-corrected chi connectivity index (χ0v) is 13.6. The van der Waals surface area contributed by atoms with E-state index in [0.717, 1.165) is 6.07 Å². The molecule has 0 spiro atoms. The smallest absolute Gasteiger partial charge is 0.306 e. The molecule has 2 aromatic rings. The van der Waals surface area contributed by atoms with Crippen molar-refractivity contribution in [3.63, 3.8) is 0 Å². The van der Waals surface area contributed by atoms with Crippen LogP contribution in [0.2, 0.25) is 0 Å². The molecular formula is C15H12F5N3OS. The third kappa shape index (κ3) is 5.38. The lowest BCUT2D eigenvalue weighted by atomic mass is 10.1. The number of carbonyl (C=O) groups is 1. The number of alkyl halides is 5. The van der Waals surface area contributed by atoms with Gasteiger partial charge in [0, 0.05) is 19.3 Å². The molecule has 2 rings (SSSR count). The van der Waals surface area contributed by atoms with Crippen molar-refractivity contribution in [1.82, 2.24) is 9.97 Å². The van der Waals surface area contributed by atoms with Crippen LogP contribution in [-0.2, 0) is 5.92 Å². The fourth-order valence-corrected chi connectivity index (χ4v) is 2.61. The van der Waals surface area contributed by atoms with Gasteiger partial charge in [-0.1, -0.05) is 11.8 Å². The number of hydrogen-bond acceptors (Lipinski definition) is 4. The summed E-state index contributed by atoms with van der Waals surface area (Å²) in [4.78, 5) is 19.8. The molecule has 1 N–H and O–H groups in total. The Hall–Kier alpha value is -2.23. The second-order valence-corrected chi connectivity index (χ2v) is 5.97. The number of anilines is 1. The van der Waals surface area contributed by atoms with E-state index in [1.165, 1.54) is 30.6 Å². The van der Waals surface area contributed by atoms with E-state index in [0.29, 0.717) is 18.7 Å². The molecule has 0 bridgehead atoms. The molecule has 4 nitrogen and oxygen atoms in total. The van der Waals surface area contributed by atoms with E-state index in [-0.39, 0.29) is 16.4 Å². The van der Waals surface area contributed by atoms with Crippen molar-refractivity contribution in [2.24, 2.45) is 0 Å². The van der Waals surface area contributed by atoms with Crippen molar-refractivity contribution < 1.29 is 26.7 Å². The van der Waals surface area contributed by atoms with Crippen LogP contribution in [0.15, 0.2) is 41.7 Å². The molecule has 0 radical (unpaired) electrons. The Balaban J connectivity index is 2.26. The van der Waals surface area contributed by atoms with Crippen LogP contribution in [0.3, 0.4) is 0 Å². The quantitative estimate of drug-likeness (QED) is 0.616. The Labute approximate surface area is 143 Å². The number of carbonyl (C=O) groups excluding carboxylic acids is 1. The van der Waals surface area contributed by atoms with Crippen molar-refractivity contribution in [3.8, 4) is 0 Å². The molecule has 2 heterocycles. The third-order valence-corrected chi connectivity index (χ3v) is 3.97. The standard InChI is InChI=1S/C15H12F5N3OS/c1-14(16,17)10-5-3-6-21-11(10)23-12(24)9-4-2-7-22-13(9)25-8-15(18,19)20/h2-7H,8H2,1H3,(H,21,23,24). The Bertz CT molecular complexity index is 761. The summed E-state index contributed by atoms with van der Waals surface area (Å²) in [6.07, 6.45) is -1.98. The molecule has 25 heavy (non-hydrogen) atoms. The van der Waals surface area contributed by atoms with Gasteiger partial charge in [0.2, 0.25) is 0 Å². The van der Waals surface area contributed by atoms with Gasteiger partial charge in [-0.3, -0.25) is 4.79 Å². The van der Waals surface area contributed by atoms with Gasteiger partial charge < -0.3 is 5.32 Å². The highest BCUT2D eigenvalue weighted by atomic mass is 32.2. The minimum absolute atomic E-state index is 0.155. The van der Waals surface area contributed by atoms with Gasteiger partial charge in [-0.25, -0.2) is 18.7 Å². The zero-order valence-electron chi connectivity index (χ0n) is 12.8. The fourth-order valence-electron chi connectivity index (χ4n) is 1.86. The highest BCUT2D eigenvalue weighted by molar-refractivity contribution is 7.99. The first-order valence-electron chi connectivity index (χ1n) is 6.87. The lowest BCUT2D eigenvalue weighted by Crippen LogP contribution is -2.19. The average molecular weight is 377 g/mol. The van der Waals surface area contributed by atoms with Gasteiger partial charge in [0.15, 0.2) is 0 Å². The molecule has 0 aromatic carbocycles. The first-order valence-corrected chi connectivity index (χ1v) is 7.86. The van der Waals surface area contributed by atoms with Crippen LogP contribution in [0.5, 0.6) is 0 Å². The predicted molar refractivity (Wildman–Crippen MR) is 82.8 cm³/mol. The maximum atomic E-state index is 13.6. The number of pyridine rings is 2. The van der Waals surface area contributed by atoms with Crippen LogP contribution in [0.1, 0.15) is 22.8 Å². The van der Waals surface area contributed by atoms with E-state index >= 15 is 0 Å². The van der Waals surface area contributed by atoms with Crippen molar-refractivity contribution in [2.45, 2.75) is 24.0 Å². The highest BCUT2D eigenvalue weighted by Gasteiger charge is 2.30. The largest absolute Gasteiger partial charge is 0.398 e. The molecule has 0 aliphatic carbocycles. The molecular weight excluding hydrogens is 365 g/mol. The van der Waals surface area contributed by atoms with E-state index in [1.807, 2.05) is 0 Å². The van der Waals surface area contributed by atoms with Gasteiger partial charge in [0.1, 0.15) is 10.8 Å². The first kappa shape index (κ1) is 19.1. The molecule has 0 fully saturated rings. The summed E-state index contributed by atoms with van der Waals surface area (Å²) >= 11 is 0.337. The number of thioether (sulfide) groups is 1. The van der Waals surface area contributed by atoms with Gasteiger partial charge in [-0.2, -0.15) is 13.2 Å². The number of rotatable bonds is 5. The average Bonchev–Trinajstić information content (AvgIpc) is 2.52. The van der Waals surface area contributed by atoms with Gasteiger partial charge >= 0.3 is 6.18 Å². The summed E-state index contributed by atoms with van der Waals surface area (Å²) < 4.78 is 64.2. The van der Waals surface area contributed by atoms with Crippen LogP contribution < -0.4 is 5.32 Å². The number of halogens is 5. The second kappa shape index (κ2) is 7.34. The first-order chi connectivity index (χ1) is 11.6. The molecule has 0 atom stereocenters. The van der Waals surface area contributed by atoms with E-state index in [1.54, 1.807) is 0 Å². The maximum Gasteiger partial charge on any atom is 0.398 e. The molecule has 0 saturated heterocycles. The van der Waals surface area contributed by atoms with Gasteiger partial charge in [0.05, 0.1) is 16.9 Å². The van der Waals surface area contributed by atoms with Gasteiger partial charge in [-0.15, -0.1) is 0 Å². The lowest BCUT2D eigenvalue weighted by molar-refractivity contribution is -0.105. The molecule has 0 unspecified atom stereocenters. The molecule has 0 saturated carbocycles. The molecule has 134 valence electrons. The summed E-state index contributed by atoms with van der Waals surface area (Å²) in [6, 6.07) is 5.01. The van der Waals surface area contributed by atoms with Gasteiger partial charge in [0.25, 0.3) is 11.8 Å². The summed E-state index contributed by atoms with van der Waals surface area (Å²) in [7, 11) is 0. The zero-order chi connectivity index (χ0) is 18.7. The Morgan fingerprint density at radius 3 is 2.40 bits per heavy atom. The number of hydrogen-bond donors (Lipinski definition) is 1. The van der Waals surface area contributed by atoms with Crippen LogP contribution >= 0.6 is 11.8 Å². The SMILES string of the molecule is CC(F)(F)c1cccnc1NC(=O)c1cccnc1SCC(F)(F)F. The van der Waals surface area contributed by atoms with E-state index in [2.05, 4.69) is 15.3 Å². The molecule has 2 aromatic heterocycles. The molecule has 0 aliphatic rings. The monoisotopic (exact) mass is 377 g/mol. The minimum Gasteiger partial charge on any atom is -0.306 e. The Kier molecular flexibility index (Phi) is 5.61. The fraction of sp³-hybridized carbons (Fsp3) is 0.267. The van der Waals surface area contributed by atoms with Crippen LogP contribution in [0, 0.1) is 0 Å². The van der Waals surface area contributed by atoms with Crippen molar-refractivity contribution >= 4 is 23.5 Å². The summed E-state index contributed by atoms with van der Waals surface area (Å²) in [5, 5.41) is 2.05. The van der Waals surface area contributed by atoms with Crippen LogP contribution in [-0.4, -0.2) is 27.8 Å². The maximum absolute atomic E-state index is 13.6. The highest BCUT2D eigenvalue weighted by Crippen LogP contribution is 2.32. The summed E-state index contributed by atoms with van der Waals surface area (Å²) in [6.45, 7) is 0.647. The topological polar surface area (TPSA) is 54.9 Å². The van der Waals surface area contributed by atoms with Crippen LogP contribution in [0.4, 0.5) is 27.8 Å². The summed E-state index contributed by atoms with van der Waals surface area (Å²) in [5.74, 6) is -5.72. The van der Waals surface area contributed by atoms with E-state index in [4.69, 9.17) is 0 Å². The number of aromatic nitrogens is 2. The number of nitrogens with one attached hydrogen (secondary N) is 1. The lowest BCUT2D eigenvalue weighted by Gasteiger charge is -2.15. The van der Waals surface area contributed by atoms with E-state index < -0.39 is 29.3 Å². The molecule has 0 aliphatic heterocycles. The summed E-state index contributed by atoms with van der Waals surface area (Å²) in [5.41, 5.74) is -0.662. The minimum atomic E-state index is -4.44. The number of nitrogens with zero attached hydrogens (tertiary/aromatic N) is 2. The van der Waals surface area contributed by atoms with Crippen molar-refractivity contribution in [3.05, 3.63) is 47.8 Å². The van der Waals surface area contributed by atoms with Gasteiger partial charge in [-0.05, 0) is 24.3 Å². The third-order valence-electron chi connectivity index (χ3n) is 2.90. The molecule has 10 heteroatoms. The molecule has 1 amide bonds. The van der Waals surface area contributed by atoms with E-state index in [9.17, 15) is 26.7 Å². The Morgan fingerprint density at radius 2 is 1.76 bits per heavy atom. The number of amides is 1. The second-order valence-electron chi connectivity index (χ2n) is 5.00.